The number of carboxylic acids is 1. The number of hydrogen-bond acceptors (Lipinski definition) is 3. The van der Waals surface area contributed by atoms with Gasteiger partial charge in [-0.3, -0.25) is 4.79 Å². The number of fused-ring (bicyclic) bond motifs is 2. The van der Waals surface area contributed by atoms with Gasteiger partial charge >= 0.3 is 5.97 Å². The lowest BCUT2D eigenvalue weighted by Gasteiger charge is -2.58. The van der Waals surface area contributed by atoms with Crippen molar-refractivity contribution in [2.24, 2.45) is 45.8 Å². The Hall–Kier alpha value is -1.16. The molecule has 0 aromatic rings. The maximum Gasteiger partial charge on any atom is 0.315 e. The first-order chi connectivity index (χ1) is 14.3. The number of hydrogen-bond donors (Lipinski definition) is 1. The molecule has 0 aromatic heterocycles. The standard InChI is InChI=1S/C26H38O4/c1-16(2)22-11-18-12-24(14-27)21-10-9-17(3)20(21)13-25(18,26(22,24)23(28)29)15-30-19-7-5-4-6-8-19/h11,14,16-21H,4-10,12-13,15H2,1-3H3,(H,28,29)/t17-,18?,20-,21-,24?,25?,26?/m1/s1. The number of aldehydes is 1. The topological polar surface area (TPSA) is 63.6 Å². The van der Waals surface area contributed by atoms with Crippen molar-refractivity contribution in [1.29, 1.82) is 0 Å². The molecule has 0 amide bonds. The Kier molecular flexibility index (Phi) is 4.78. The van der Waals surface area contributed by atoms with Crippen molar-refractivity contribution in [3.8, 4) is 0 Å². The Labute approximate surface area is 180 Å². The van der Waals surface area contributed by atoms with E-state index in [9.17, 15) is 14.7 Å². The van der Waals surface area contributed by atoms with Crippen LogP contribution in [0.15, 0.2) is 11.6 Å². The van der Waals surface area contributed by atoms with Crippen LogP contribution in [-0.4, -0.2) is 30.1 Å². The molecular formula is C26H38O4. The lowest BCUT2D eigenvalue weighted by molar-refractivity contribution is -0.189. The minimum Gasteiger partial charge on any atom is -0.481 e. The van der Waals surface area contributed by atoms with Gasteiger partial charge in [0.05, 0.1) is 18.1 Å². The van der Waals surface area contributed by atoms with Crippen molar-refractivity contribution < 1.29 is 19.4 Å². The van der Waals surface area contributed by atoms with E-state index in [4.69, 9.17) is 4.74 Å². The average Bonchev–Trinajstić information content (AvgIpc) is 3.30. The summed E-state index contributed by atoms with van der Waals surface area (Å²) in [6, 6.07) is 0. The third-order valence-corrected chi connectivity index (χ3v) is 10.3. The molecule has 7 atom stereocenters. The SMILES string of the molecule is CC(C)C1=CC2CC3(C=O)[C@@H]4CC[C@@H](C)[C@H]4CC2(COC2CCCCC2)C13C(=O)O. The number of allylic oxidation sites excluding steroid dienone is 1. The summed E-state index contributed by atoms with van der Waals surface area (Å²) in [5, 5.41) is 10.9. The van der Waals surface area contributed by atoms with Crippen molar-refractivity contribution >= 4 is 12.3 Å². The predicted octanol–water partition coefficient (Wildman–Crippen LogP) is 5.26. The van der Waals surface area contributed by atoms with Gasteiger partial charge in [0.1, 0.15) is 11.7 Å². The van der Waals surface area contributed by atoms with E-state index in [-0.39, 0.29) is 23.9 Å². The fourth-order valence-corrected chi connectivity index (χ4v) is 9.13. The molecule has 4 unspecified atom stereocenters. The maximum atomic E-state index is 13.3. The molecule has 0 aromatic carbocycles. The summed E-state index contributed by atoms with van der Waals surface area (Å²) in [6.45, 7) is 7.04. The lowest BCUT2D eigenvalue weighted by Crippen LogP contribution is -2.63. The van der Waals surface area contributed by atoms with E-state index in [0.717, 1.165) is 44.0 Å². The number of aliphatic carboxylic acids is 1. The normalized spacial score (nSPS) is 47.4. The number of carbonyl (C=O) groups is 2. The van der Waals surface area contributed by atoms with Gasteiger partial charge in [0.25, 0.3) is 0 Å². The smallest absolute Gasteiger partial charge is 0.315 e. The van der Waals surface area contributed by atoms with Gasteiger partial charge in [-0.1, -0.05) is 58.1 Å². The quantitative estimate of drug-likeness (QED) is 0.476. The summed E-state index contributed by atoms with van der Waals surface area (Å²) in [5.41, 5.74) is -1.29. The Balaban J connectivity index is 1.64. The minimum atomic E-state index is -1.08. The molecule has 4 bridgehead atoms. The van der Waals surface area contributed by atoms with Crippen molar-refractivity contribution in [2.45, 2.75) is 84.7 Å². The van der Waals surface area contributed by atoms with Gasteiger partial charge in [0, 0.05) is 5.41 Å². The summed E-state index contributed by atoms with van der Waals surface area (Å²) in [6.07, 6.45) is 13.2. The van der Waals surface area contributed by atoms with Crippen LogP contribution in [0.4, 0.5) is 0 Å². The molecule has 5 aliphatic rings. The van der Waals surface area contributed by atoms with Crippen LogP contribution >= 0.6 is 0 Å². The first-order valence-electron chi connectivity index (χ1n) is 12.4. The molecule has 30 heavy (non-hydrogen) atoms. The fraction of sp³-hybridized carbons (Fsp3) is 0.846. The van der Waals surface area contributed by atoms with Crippen LogP contribution in [0.5, 0.6) is 0 Å². The second-order valence-corrected chi connectivity index (χ2v) is 11.6. The van der Waals surface area contributed by atoms with Gasteiger partial charge in [-0.25, -0.2) is 0 Å². The van der Waals surface area contributed by atoms with E-state index in [1.165, 1.54) is 19.3 Å². The average molecular weight is 415 g/mol. The molecule has 5 rings (SSSR count). The number of carboxylic acid groups (broad SMARTS) is 1. The Morgan fingerprint density at radius 3 is 2.57 bits per heavy atom. The molecule has 4 saturated carbocycles. The van der Waals surface area contributed by atoms with E-state index >= 15 is 0 Å². The fourth-order valence-electron chi connectivity index (χ4n) is 9.13. The largest absolute Gasteiger partial charge is 0.481 e. The van der Waals surface area contributed by atoms with E-state index in [0.29, 0.717) is 24.9 Å². The summed E-state index contributed by atoms with van der Waals surface area (Å²) in [5.74, 6) is 0.737. The highest BCUT2D eigenvalue weighted by Gasteiger charge is 2.84. The number of ether oxygens (including phenoxy) is 1. The zero-order valence-electron chi connectivity index (χ0n) is 18.9. The van der Waals surface area contributed by atoms with Crippen molar-refractivity contribution in [1.82, 2.24) is 0 Å². The van der Waals surface area contributed by atoms with Crippen LogP contribution in [0.2, 0.25) is 0 Å². The Bertz CT molecular complexity index is 765. The summed E-state index contributed by atoms with van der Waals surface area (Å²) in [4.78, 5) is 26.3. The molecular weight excluding hydrogens is 376 g/mol. The van der Waals surface area contributed by atoms with Gasteiger partial charge in [-0.05, 0) is 61.7 Å². The molecule has 4 fully saturated rings. The molecule has 0 radical (unpaired) electrons. The second-order valence-electron chi connectivity index (χ2n) is 11.6. The predicted molar refractivity (Wildman–Crippen MR) is 115 cm³/mol. The zero-order chi connectivity index (χ0) is 21.3. The molecule has 4 nitrogen and oxygen atoms in total. The van der Waals surface area contributed by atoms with E-state index in [1.54, 1.807) is 0 Å². The van der Waals surface area contributed by atoms with Gasteiger partial charge in [0.2, 0.25) is 0 Å². The van der Waals surface area contributed by atoms with E-state index in [2.05, 4.69) is 26.8 Å². The first-order valence-corrected chi connectivity index (χ1v) is 12.4. The summed E-state index contributed by atoms with van der Waals surface area (Å²) < 4.78 is 6.59. The second kappa shape index (κ2) is 6.92. The number of carbonyl (C=O) groups excluding carboxylic acids is 1. The highest BCUT2D eigenvalue weighted by Crippen LogP contribution is 2.82. The maximum absolute atomic E-state index is 13.3. The van der Waals surface area contributed by atoms with E-state index in [1.807, 2.05) is 0 Å². The monoisotopic (exact) mass is 414 g/mol. The van der Waals surface area contributed by atoms with Crippen LogP contribution in [-0.2, 0) is 14.3 Å². The molecule has 0 heterocycles. The molecule has 166 valence electrons. The summed E-state index contributed by atoms with van der Waals surface area (Å²) in [7, 11) is 0. The van der Waals surface area contributed by atoms with Crippen LogP contribution in [0.25, 0.3) is 0 Å². The number of rotatable bonds is 6. The molecule has 1 N–H and O–H groups in total. The first kappa shape index (κ1) is 20.7. The zero-order valence-corrected chi connectivity index (χ0v) is 18.9. The van der Waals surface area contributed by atoms with Crippen LogP contribution in [0, 0.1) is 45.8 Å². The highest BCUT2D eigenvalue weighted by atomic mass is 16.5. The third kappa shape index (κ3) is 2.27. The molecule has 0 aliphatic heterocycles. The minimum absolute atomic E-state index is 0.134. The van der Waals surface area contributed by atoms with Crippen LogP contribution in [0.3, 0.4) is 0 Å². The Morgan fingerprint density at radius 2 is 1.93 bits per heavy atom. The van der Waals surface area contributed by atoms with Crippen LogP contribution in [0.1, 0.15) is 78.6 Å². The molecule has 0 spiro atoms. The van der Waals surface area contributed by atoms with Crippen LogP contribution < -0.4 is 0 Å². The molecule has 4 heteroatoms. The molecule has 0 saturated heterocycles. The van der Waals surface area contributed by atoms with Gasteiger partial charge < -0.3 is 14.6 Å². The Morgan fingerprint density at radius 1 is 1.20 bits per heavy atom. The summed E-state index contributed by atoms with van der Waals surface area (Å²) >= 11 is 0. The lowest BCUT2D eigenvalue weighted by atomic mass is 9.43. The van der Waals surface area contributed by atoms with Gasteiger partial charge in [-0.15, -0.1) is 0 Å². The van der Waals surface area contributed by atoms with E-state index < -0.39 is 22.2 Å². The van der Waals surface area contributed by atoms with Crippen molar-refractivity contribution in [3.63, 3.8) is 0 Å². The van der Waals surface area contributed by atoms with Crippen molar-refractivity contribution in [2.75, 3.05) is 6.61 Å². The van der Waals surface area contributed by atoms with Crippen molar-refractivity contribution in [3.05, 3.63) is 11.6 Å². The van der Waals surface area contributed by atoms with Gasteiger partial charge in [-0.2, -0.15) is 0 Å². The highest BCUT2D eigenvalue weighted by molar-refractivity contribution is 5.90. The molecule has 5 aliphatic carbocycles. The third-order valence-electron chi connectivity index (χ3n) is 10.3. The van der Waals surface area contributed by atoms with Gasteiger partial charge in [0.15, 0.2) is 0 Å².